The van der Waals surface area contributed by atoms with Gasteiger partial charge in [0.05, 0.1) is 10.6 Å². The third kappa shape index (κ3) is 6.20. The van der Waals surface area contributed by atoms with Gasteiger partial charge in [-0.1, -0.05) is 69.3 Å². The second-order valence-corrected chi connectivity index (χ2v) is 8.66. The molecule has 7 heteroatoms. The molecule has 0 aliphatic rings. The van der Waals surface area contributed by atoms with Crippen molar-refractivity contribution in [3.63, 3.8) is 0 Å². The Kier molecular flexibility index (Phi) is 7.37. The molecule has 0 bridgehead atoms. The molecule has 0 unspecified atom stereocenters. The smallest absolute Gasteiger partial charge is 0.351 e. The molecule has 0 saturated carbocycles. The van der Waals surface area contributed by atoms with Gasteiger partial charge in [-0.2, -0.15) is 13.2 Å². The summed E-state index contributed by atoms with van der Waals surface area (Å²) in [5.41, 5.74) is 0.148. The van der Waals surface area contributed by atoms with E-state index in [-0.39, 0.29) is 29.2 Å². The van der Waals surface area contributed by atoms with Crippen LogP contribution >= 0.6 is 11.6 Å². The van der Waals surface area contributed by atoms with Gasteiger partial charge >= 0.3 is 6.18 Å². The maximum absolute atomic E-state index is 15.0. The van der Waals surface area contributed by atoms with Gasteiger partial charge in [-0.15, -0.1) is 0 Å². The van der Waals surface area contributed by atoms with E-state index in [0.717, 1.165) is 12.1 Å². The lowest BCUT2D eigenvalue weighted by Crippen LogP contribution is -2.34. The van der Waals surface area contributed by atoms with E-state index in [9.17, 15) is 18.0 Å². The van der Waals surface area contributed by atoms with Gasteiger partial charge in [0.2, 0.25) is 5.91 Å². The first kappa shape index (κ1) is 24.7. The Morgan fingerprint density at radius 1 is 1.16 bits per heavy atom. The Morgan fingerprint density at radius 2 is 1.81 bits per heavy atom. The number of alkyl halides is 3. The monoisotopic (exact) mass is 453 g/mol. The summed E-state index contributed by atoms with van der Waals surface area (Å²) in [4.78, 5) is 12.0. The zero-order valence-electron chi connectivity index (χ0n) is 17.8. The molecular formula is C24H24ClF4NO. The second kappa shape index (κ2) is 9.27. The van der Waals surface area contributed by atoms with Gasteiger partial charge in [0.25, 0.3) is 0 Å². The van der Waals surface area contributed by atoms with Crippen LogP contribution in [0.25, 0.3) is 11.6 Å². The molecule has 0 atom stereocenters. The number of carbonyl (C=O) groups excluding carboxylic acids is 1. The SMILES string of the molecule is C=C(C=Cc1c(C)ccc(CNC(=O)C(C)(C)C)c1F)c1ccc(Cl)c(C(F)(F)F)c1. The van der Waals surface area contributed by atoms with Crippen LogP contribution in [0.4, 0.5) is 17.6 Å². The van der Waals surface area contributed by atoms with Crippen LogP contribution in [0.2, 0.25) is 5.02 Å². The first-order valence-electron chi connectivity index (χ1n) is 9.52. The number of aryl methyl sites for hydroxylation is 1. The fourth-order valence-electron chi connectivity index (χ4n) is 2.74. The summed E-state index contributed by atoms with van der Waals surface area (Å²) in [6.45, 7) is 10.8. The van der Waals surface area contributed by atoms with Crippen molar-refractivity contribution in [2.24, 2.45) is 5.41 Å². The number of nitrogens with one attached hydrogen (secondary N) is 1. The fraction of sp³-hybridized carbons (Fsp3) is 0.292. The van der Waals surface area contributed by atoms with Gasteiger partial charge in [-0.25, -0.2) is 4.39 Å². The summed E-state index contributed by atoms with van der Waals surface area (Å²) < 4.78 is 54.3. The van der Waals surface area contributed by atoms with Crippen molar-refractivity contribution in [3.8, 4) is 0 Å². The second-order valence-electron chi connectivity index (χ2n) is 8.25. The molecule has 0 aliphatic heterocycles. The summed E-state index contributed by atoms with van der Waals surface area (Å²) >= 11 is 5.65. The van der Waals surface area contributed by atoms with Crippen molar-refractivity contribution in [2.45, 2.75) is 40.4 Å². The third-order valence-corrected chi connectivity index (χ3v) is 5.02. The lowest BCUT2D eigenvalue weighted by atomic mass is 9.95. The lowest BCUT2D eigenvalue weighted by molar-refractivity contribution is -0.137. The number of amides is 1. The quantitative estimate of drug-likeness (QED) is 0.376. The summed E-state index contributed by atoms with van der Waals surface area (Å²) in [5.74, 6) is -0.716. The van der Waals surface area contributed by atoms with E-state index < -0.39 is 28.0 Å². The highest BCUT2D eigenvalue weighted by atomic mass is 35.5. The van der Waals surface area contributed by atoms with E-state index in [1.807, 2.05) is 0 Å². The standard InChI is InChI=1S/C24H24ClF4NO/c1-14(16-9-11-20(25)19(12-16)24(27,28)29)7-10-18-15(2)6-8-17(21(18)26)13-30-22(31)23(3,4)5/h6-12H,1,13H2,2-5H3,(H,30,31). The maximum Gasteiger partial charge on any atom is 0.417 e. The van der Waals surface area contributed by atoms with E-state index in [1.54, 1.807) is 39.8 Å². The predicted molar refractivity (Wildman–Crippen MR) is 117 cm³/mol. The summed E-state index contributed by atoms with van der Waals surface area (Å²) in [5, 5.41) is 2.30. The number of hydrogen-bond acceptors (Lipinski definition) is 1. The molecule has 0 aliphatic carbocycles. The van der Waals surface area contributed by atoms with Gasteiger partial charge < -0.3 is 5.32 Å². The van der Waals surface area contributed by atoms with Crippen molar-refractivity contribution >= 4 is 29.2 Å². The average molecular weight is 454 g/mol. The molecule has 2 aromatic rings. The van der Waals surface area contributed by atoms with Crippen LogP contribution in [0.15, 0.2) is 43.0 Å². The highest BCUT2D eigenvalue weighted by molar-refractivity contribution is 6.31. The van der Waals surface area contributed by atoms with Crippen LogP contribution in [-0.2, 0) is 17.5 Å². The zero-order valence-corrected chi connectivity index (χ0v) is 18.5. The predicted octanol–water partition coefficient (Wildman–Crippen LogP) is 7.20. The minimum Gasteiger partial charge on any atom is -0.351 e. The molecule has 0 radical (unpaired) electrons. The summed E-state index contributed by atoms with van der Waals surface area (Å²) in [6, 6.07) is 6.80. The highest BCUT2D eigenvalue weighted by Crippen LogP contribution is 2.36. The lowest BCUT2D eigenvalue weighted by Gasteiger charge is -2.18. The Bertz CT molecular complexity index is 1030. The molecule has 0 saturated heterocycles. The van der Waals surface area contributed by atoms with Crippen LogP contribution in [0.1, 0.15) is 48.6 Å². The van der Waals surface area contributed by atoms with Crippen LogP contribution in [0, 0.1) is 18.2 Å². The molecule has 166 valence electrons. The van der Waals surface area contributed by atoms with Crippen LogP contribution in [-0.4, -0.2) is 5.91 Å². The van der Waals surface area contributed by atoms with Crippen LogP contribution in [0.5, 0.6) is 0 Å². The minimum atomic E-state index is -4.59. The van der Waals surface area contributed by atoms with Gasteiger partial charge in [-0.3, -0.25) is 4.79 Å². The van der Waals surface area contributed by atoms with Crippen LogP contribution in [0.3, 0.4) is 0 Å². The third-order valence-electron chi connectivity index (χ3n) is 4.69. The molecule has 0 fully saturated rings. The van der Waals surface area contributed by atoms with E-state index in [0.29, 0.717) is 11.1 Å². The van der Waals surface area contributed by atoms with Gasteiger partial charge in [0.15, 0.2) is 0 Å². The van der Waals surface area contributed by atoms with Gasteiger partial charge in [0, 0.05) is 23.1 Å². The number of benzene rings is 2. The Hall–Kier alpha value is -2.60. The van der Waals surface area contributed by atoms with Crippen molar-refractivity contribution < 1.29 is 22.4 Å². The number of halogens is 5. The summed E-state index contributed by atoms with van der Waals surface area (Å²) in [7, 11) is 0. The minimum absolute atomic E-state index is 0.0239. The van der Waals surface area contributed by atoms with E-state index >= 15 is 4.39 Å². The number of hydrogen-bond donors (Lipinski definition) is 1. The molecule has 0 aromatic heterocycles. The molecule has 2 rings (SSSR count). The van der Waals surface area contributed by atoms with Gasteiger partial charge in [0.1, 0.15) is 5.82 Å². The van der Waals surface area contributed by atoms with E-state index in [2.05, 4.69) is 11.9 Å². The molecule has 2 nitrogen and oxygen atoms in total. The maximum atomic E-state index is 15.0. The Labute approximate surface area is 184 Å². The largest absolute Gasteiger partial charge is 0.417 e. The molecule has 31 heavy (non-hydrogen) atoms. The molecule has 0 heterocycles. The Balaban J connectivity index is 2.28. The Morgan fingerprint density at radius 3 is 2.39 bits per heavy atom. The topological polar surface area (TPSA) is 29.1 Å². The fourth-order valence-corrected chi connectivity index (χ4v) is 2.96. The number of rotatable bonds is 5. The number of allylic oxidation sites excluding steroid dienone is 2. The van der Waals surface area contributed by atoms with Crippen molar-refractivity contribution in [3.05, 3.63) is 81.6 Å². The first-order chi connectivity index (χ1) is 14.2. The van der Waals surface area contributed by atoms with E-state index in [4.69, 9.17) is 11.6 Å². The van der Waals surface area contributed by atoms with Gasteiger partial charge in [-0.05, 0) is 35.8 Å². The molecule has 2 aromatic carbocycles. The molecular weight excluding hydrogens is 430 g/mol. The van der Waals surface area contributed by atoms with E-state index in [1.165, 1.54) is 18.2 Å². The zero-order chi connectivity index (χ0) is 23.6. The molecule has 0 spiro atoms. The number of carbonyl (C=O) groups is 1. The van der Waals surface area contributed by atoms with Crippen LogP contribution < -0.4 is 5.32 Å². The average Bonchev–Trinajstić information content (AvgIpc) is 2.65. The van der Waals surface area contributed by atoms with Crippen molar-refractivity contribution in [1.29, 1.82) is 0 Å². The van der Waals surface area contributed by atoms with Crippen molar-refractivity contribution in [1.82, 2.24) is 5.32 Å². The first-order valence-corrected chi connectivity index (χ1v) is 9.90. The molecule has 1 N–H and O–H groups in total. The normalized spacial score (nSPS) is 12.3. The molecule has 1 amide bonds. The summed E-state index contributed by atoms with van der Waals surface area (Å²) in [6.07, 6.45) is -1.68. The van der Waals surface area contributed by atoms with Crippen molar-refractivity contribution in [2.75, 3.05) is 0 Å². The highest BCUT2D eigenvalue weighted by Gasteiger charge is 2.33.